The molecule has 0 spiro atoms. The molecule has 3 aromatic rings. The number of halogens is 1. The van der Waals surface area contributed by atoms with Crippen molar-refractivity contribution in [2.45, 2.75) is 6.04 Å². The standard InChI is InChI=1S/C25H26ClN3O/c26-22-12-7-13-23(18-22)27-19-24(30)28-14-16-29(17-15-28)25(20-8-3-1-4-9-20)21-10-5-2-6-11-21/h1-13,18,25,27H,14-17,19H2. The summed E-state index contributed by atoms with van der Waals surface area (Å²) in [6.07, 6.45) is 0. The minimum atomic E-state index is 0.116. The monoisotopic (exact) mass is 419 g/mol. The third kappa shape index (κ3) is 5.02. The van der Waals surface area contributed by atoms with Crippen LogP contribution in [0.1, 0.15) is 17.2 Å². The summed E-state index contributed by atoms with van der Waals surface area (Å²) < 4.78 is 0. The predicted octanol–water partition coefficient (Wildman–Crippen LogP) is 4.69. The Morgan fingerprint density at radius 2 is 1.43 bits per heavy atom. The highest BCUT2D eigenvalue weighted by atomic mass is 35.5. The molecule has 0 aliphatic carbocycles. The number of nitrogens with one attached hydrogen (secondary N) is 1. The summed E-state index contributed by atoms with van der Waals surface area (Å²) in [4.78, 5) is 17.1. The van der Waals surface area contributed by atoms with Gasteiger partial charge in [-0.2, -0.15) is 0 Å². The molecular formula is C25H26ClN3O. The zero-order chi connectivity index (χ0) is 20.8. The highest BCUT2D eigenvalue weighted by Crippen LogP contribution is 2.29. The van der Waals surface area contributed by atoms with Crippen molar-refractivity contribution in [3.63, 3.8) is 0 Å². The number of piperazine rings is 1. The second-order valence-electron chi connectivity index (χ2n) is 7.50. The molecule has 3 aromatic carbocycles. The molecule has 1 aliphatic rings. The molecule has 0 atom stereocenters. The van der Waals surface area contributed by atoms with E-state index in [1.165, 1.54) is 11.1 Å². The largest absolute Gasteiger partial charge is 0.376 e. The molecule has 1 saturated heterocycles. The fraction of sp³-hybridized carbons (Fsp3) is 0.240. The average Bonchev–Trinajstić information content (AvgIpc) is 2.80. The van der Waals surface area contributed by atoms with E-state index in [0.717, 1.165) is 31.9 Å². The van der Waals surface area contributed by atoms with Gasteiger partial charge in [0.2, 0.25) is 5.91 Å². The molecule has 5 heteroatoms. The van der Waals surface area contributed by atoms with Gasteiger partial charge in [0.05, 0.1) is 12.6 Å². The Labute approximate surface area is 183 Å². The number of hydrogen-bond acceptors (Lipinski definition) is 3. The fourth-order valence-electron chi connectivity index (χ4n) is 4.00. The molecule has 0 aromatic heterocycles. The first-order valence-corrected chi connectivity index (χ1v) is 10.7. The smallest absolute Gasteiger partial charge is 0.241 e. The number of nitrogens with zero attached hydrogens (tertiary/aromatic N) is 2. The van der Waals surface area contributed by atoms with Crippen LogP contribution < -0.4 is 5.32 Å². The number of carbonyl (C=O) groups is 1. The maximum atomic E-state index is 12.7. The first-order chi connectivity index (χ1) is 14.7. The van der Waals surface area contributed by atoms with Crippen LogP contribution in [0.25, 0.3) is 0 Å². The van der Waals surface area contributed by atoms with Crippen molar-refractivity contribution >= 4 is 23.2 Å². The normalized spacial score (nSPS) is 14.7. The van der Waals surface area contributed by atoms with E-state index < -0.39 is 0 Å². The van der Waals surface area contributed by atoms with Crippen molar-refractivity contribution in [1.82, 2.24) is 9.80 Å². The molecule has 1 aliphatic heterocycles. The summed E-state index contributed by atoms with van der Waals surface area (Å²) in [5.74, 6) is 0.116. The van der Waals surface area contributed by atoms with Crippen molar-refractivity contribution in [2.75, 3.05) is 38.0 Å². The van der Waals surface area contributed by atoms with Crippen molar-refractivity contribution in [3.8, 4) is 0 Å². The van der Waals surface area contributed by atoms with E-state index in [2.05, 4.69) is 70.9 Å². The van der Waals surface area contributed by atoms with Gasteiger partial charge in [0.25, 0.3) is 0 Å². The molecule has 0 unspecified atom stereocenters. The van der Waals surface area contributed by atoms with E-state index in [4.69, 9.17) is 11.6 Å². The maximum absolute atomic E-state index is 12.7. The highest BCUT2D eigenvalue weighted by Gasteiger charge is 2.27. The van der Waals surface area contributed by atoms with Gasteiger partial charge >= 0.3 is 0 Å². The molecule has 0 bridgehead atoms. The third-order valence-corrected chi connectivity index (χ3v) is 5.77. The van der Waals surface area contributed by atoms with Gasteiger partial charge in [-0.05, 0) is 29.3 Å². The van der Waals surface area contributed by atoms with Crippen LogP contribution in [0.5, 0.6) is 0 Å². The number of benzene rings is 3. The lowest BCUT2D eigenvalue weighted by atomic mass is 9.96. The van der Waals surface area contributed by atoms with E-state index in [1.807, 2.05) is 29.2 Å². The molecular weight excluding hydrogens is 394 g/mol. The summed E-state index contributed by atoms with van der Waals surface area (Å²) >= 11 is 6.01. The second kappa shape index (κ2) is 9.79. The second-order valence-corrected chi connectivity index (χ2v) is 7.94. The van der Waals surface area contributed by atoms with Crippen molar-refractivity contribution in [2.24, 2.45) is 0 Å². The Balaban J connectivity index is 1.39. The zero-order valence-electron chi connectivity index (χ0n) is 16.9. The molecule has 1 N–H and O–H groups in total. The molecule has 1 fully saturated rings. The van der Waals surface area contributed by atoms with Gasteiger partial charge in [-0.1, -0.05) is 78.3 Å². The lowest BCUT2D eigenvalue weighted by Crippen LogP contribution is -2.51. The summed E-state index contributed by atoms with van der Waals surface area (Å²) in [5.41, 5.74) is 3.43. The van der Waals surface area contributed by atoms with Gasteiger partial charge in [-0.3, -0.25) is 9.69 Å². The summed E-state index contributed by atoms with van der Waals surface area (Å²) in [6, 6.07) is 28.9. The van der Waals surface area contributed by atoms with Crippen LogP contribution >= 0.6 is 11.6 Å². The summed E-state index contributed by atoms with van der Waals surface area (Å²) in [6.45, 7) is 3.42. The molecule has 30 heavy (non-hydrogen) atoms. The fourth-order valence-corrected chi connectivity index (χ4v) is 4.19. The maximum Gasteiger partial charge on any atom is 0.241 e. The average molecular weight is 420 g/mol. The van der Waals surface area contributed by atoms with Crippen LogP contribution in [-0.2, 0) is 4.79 Å². The minimum absolute atomic E-state index is 0.116. The Morgan fingerprint density at radius 1 is 0.833 bits per heavy atom. The van der Waals surface area contributed by atoms with E-state index in [1.54, 1.807) is 0 Å². The van der Waals surface area contributed by atoms with Crippen LogP contribution in [0.2, 0.25) is 5.02 Å². The molecule has 4 rings (SSSR count). The van der Waals surface area contributed by atoms with Gasteiger partial charge in [-0.25, -0.2) is 0 Å². The van der Waals surface area contributed by atoms with Crippen LogP contribution in [0, 0.1) is 0 Å². The topological polar surface area (TPSA) is 35.6 Å². The number of carbonyl (C=O) groups excluding carboxylic acids is 1. The first-order valence-electron chi connectivity index (χ1n) is 10.3. The van der Waals surface area contributed by atoms with E-state index in [9.17, 15) is 4.79 Å². The number of rotatable bonds is 6. The molecule has 1 heterocycles. The van der Waals surface area contributed by atoms with Crippen molar-refractivity contribution in [3.05, 3.63) is 101 Å². The van der Waals surface area contributed by atoms with E-state index in [0.29, 0.717) is 5.02 Å². The van der Waals surface area contributed by atoms with E-state index >= 15 is 0 Å². The predicted molar refractivity (Wildman–Crippen MR) is 123 cm³/mol. The Morgan fingerprint density at radius 3 is 2.00 bits per heavy atom. The number of hydrogen-bond donors (Lipinski definition) is 1. The summed E-state index contributed by atoms with van der Waals surface area (Å²) in [7, 11) is 0. The molecule has 154 valence electrons. The quantitative estimate of drug-likeness (QED) is 0.629. The Hall–Kier alpha value is -2.82. The minimum Gasteiger partial charge on any atom is -0.376 e. The van der Waals surface area contributed by atoms with Crippen molar-refractivity contribution in [1.29, 1.82) is 0 Å². The van der Waals surface area contributed by atoms with Crippen LogP contribution in [0.3, 0.4) is 0 Å². The van der Waals surface area contributed by atoms with Crippen LogP contribution in [0.4, 0.5) is 5.69 Å². The SMILES string of the molecule is O=C(CNc1cccc(Cl)c1)N1CCN(C(c2ccccc2)c2ccccc2)CC1. The van der Waals surface area contributed by atoms with E-state index in [-0.39, 0.29) is 18.5 Å². The lowest BCUT2D eigenvalue weighted by molar-refractivity contribution is -0.131. The van der Waals surface area contributed by atoms with Crippen molar-refractivity contribution < 1.29 is 4.79 Å². The highest BCUT2D eigenvalue weighted by molar-refractivity contribution is 6.30. The van der Waals surface area contributed by atoms with Gasteiger partial charge < -0.3 is 10.2 Å². The van der Waals surface area contributed by atoms with Gasteiger partial charge in [0.15, 0.2) is 0 Å². The number of amides is 1. The molecule has 0 saturated carbocycles. The molecule has 0 radical (unpaired) electrons. The zero-order valence-corrected chi connectivity index (χ0v) is 17.6. The van der Waals surface area contributed by atoms with Gasteiger partial charge in [0.1, 0.15) is 0 Å². The van der Waals surface area contributed by atoms with Crippen LogP contribution in [0.15, 0.2) is 84.9 Å². The number of anilines is 1. The van der Waals surface area contributed by atoms with Gasteiger partial charge in [0, 0.05) is 36.9 Å². The first kappa shape index (κ1) is 20.5. The summed E-state index contributed by atoms with van der Waals surface area (Å²) in [5, 5.41) is 3.84. The molecule has 4 nitrogen and oxygen atoms in total. The molecule has 1 amide bonds. The Kier molecular flexibility index (Phi) is 6.67. The van der Waals surface area contributed by atoms with Gasteiger partial charge in [-0.15, -0.1) is 0 Å². The van der Waals surface area contributed by atoms with Crippen LogP contribution in [-0.4, -0.2) is 48.4 Å². The third-order valence-electron chi connectivity index (χ3n) is 5.53. The Bertz CT molecular complexity index is 917. The lowest BCUT2D eigenvalue weighted by Gasteiger charge is -2.39.